The molecular weight excluding hydrogens is 395 g/mol. The Kier molecular flexibility index (Phi) is 7.52. The molecule has 2 atom stereocenters. The summed E-state index contributed by atoms with van der Waals surface area (Å²) >= 11 is 0. The maximum atomic E-state index is 10.7. The molecule has 0 amide bonds. The molecule has 0 aromatic heterocycles. The first-order valence-electron chi connectivity index (χ1n) is 12.1. The molecule has 6 heteroatoms. The molecule has 2 rings (SSSR count). The number of rotatable bonds is 10. The van der Waals surface area contributed by atoms with Crippen molar-refractivity contribution in [1.82, 2.24) is 0 Å². The lowest BCUT2D eigenvalue weighted by atomic mass is 9.31. The molecule has 2 aliphatic rings. The third-order valence-electron chi connectivity index (χ3n) is 8.65. The Morgan fingerprint density at radius 1 is 0.742 bits per heavy atom. The van der Waals surface area contributed by atoms with Gasteiger partial charge in [0.2, 0.25) is 0 Å². The van der Waals surface area contributed by atoms with E-state index in [0.29, 0.717) is 6.71 Å². The van der Waals surface area contributed by atoms with E-state index in [1.807, 2.05) is 0 Å². The predicted molar refractivity (Wildman–Crippen MR) is 127 cm³/mol. The van der Waals surface area contributed by atoms with Crippen molar-refractivity contribution < 1.29 is 0 Å². The van der Waals surface area contributed by atoms with E-state index in [-0.39, 0.29) is 0 Å². The van der Waals surface area contributed by atoms with Crippen LogP contribution in [0.3, 0.4) is 0 Å². The Bertz CT molecular complexity index is 866. The van der Waals surface area contributed by atoms with Crippen molar-refractivity contribution in [2.45, 2.75) is 109 Å². The zero-order chi connectivity index (χ0) is 23.5. The van der Waals surface area contributed by atoms with Gasteiger partial charge >= 0.3 is 0 Å². The minimum Gasteiger partial charge on any atom is -0.196 e. The van der Waals surface area contributed by atoms with Gasteiger partial charge in [-0.05, 0) is 19.3 Å². The molecule has 1 saturated heterocycles. The molecule has 0 spiro atoms. The van der Waals surface area contributed by atoms with Crippen LogP contribution in [0.15, 0.2) is 11.0 Å². The number of allylic oxidation sites excluding steroid dienone is 2. The molecule has 1 radical (unpaired) electrons. The largest absolute Gasteiger partial charge is 0.196 e. The molecular formula is C25H36BN4Si. The maximum Gasteiger partial charge on any atom is 0.182 e. The van der Waals surface area contributed by atoms with Crippen LogP contribution >= 0.6 is 0 Å². The Hall–Kier alpha value is -2.02. The molecule has 0 saturated carbocycles. The molecule has 2 aliphatic heterocycles. The number of fused-ring (bicyclic) bond motifs is 2. The highest BCUT2D eigenvalue weighted by atomic mass is 28.3. The van der Waals surface area contributed by atoms with Crippen LogP contribution in [0.4, 0.5) is 0 Å². The fourth-order valence-electron chi connectivity index (χ4n) is 7.38. The Balaban J connectivity index is 3.18. The van der Waals surface area contributed by atoms with Gasteiger partial charge in [0.1, 0.15) is 0 Å². The van der Waals surface area contributed by atoms with E-state index in [1.54, 1.807) is 0 Å². The molecule has 1 fully saturated rings. The second kappa shape index (κ2) is 9.23. The highest BCUT2D eigenvalue weighted by molar-refractivity contribution is 6.78. The lowest BCUT2D eigenvalue weighted by Crippen LogP contribution is -2.50. The highest BCUT2D eigenvalue weighted by Crippen LogP contribution is 2.88. The monoisotopic (exact) mass is 431 g/mol. The molecule has 31 heavy (non-hydrogen) atoms. The van der Waals surface area contributed by atoms with Crippen molar-refractivity contribution in [3.05, 3.63) is 11.0 Å². The quantitative estimate of drug-likeness (QED) is 0.353. The minimum absolute atomic E-state index is 0.298. The summed E-state index contributed by atoms with van der Waals surface area (Å²) < 4.78 is 0. The summed E-state index contributed by atoms with van der Waals surface area (Å²) in [6.45, 7) is 13.3. The topological polar surface area (TPSA) is 95.2 Å². The average molecular weight is 431 g/mol. The highest BCUT2D eigenvalue weighted by Gasteiger charge is 2.88. The summed E-state index contributed by atoms with van der Waals surface area (Å²) in [6, 6.07) is 9.55. The summed E-state index contributed by atoms with van der Waals surface area (Å²) in [7, 11) is -1.46. The molecule has 2 heterocycles. The molecule has 4 nitrogen and oxygen atoms in total. The van der Waals surface area contributed by atoms with Gasteiger partial charge < -0.3 is 0 Å². The zero-order valence-electron chi connectivity index (χ0n) is 20.2. The fourth-order valence-corrected chi connectivity index (χ4v) is 12.5. The van der Waals surface area contributed by atoms with Crippen LogP contribution < -0.4 is 0 Å². The Labute approximate surface area is 191 Å². The summed E-state index contributed by atoms with van der Waals surface area (Å²) in [5, 5.41) is 41.3. The Morgan fingerprint density at radius 2 is 1.16 bits per heavy atom. The van der Waals surface area contributed by atoms with E-state index in [9.17, 15) is 21.0 Å². The number of nitriles is 4. The van der Waals surface area contributed by atoms with Crippen LogP contribution in [0.2, 0.25) is 29.3 Å². The number of hydrogen-bond acceptors (Lipinski definition) is 4. The molecule has 0 N–H and O–H groups in total. The van der Waals surface area contributed by atoms with Crippen LogP contribution in [0.5, 0.6) is 0 Å². The predicted octanol–water partition coefficient (Wildman–Crippen LogP) is 6.85. The van der Waals surface area contributed by atoms with Gasteiger partial charge in [0, 0.05) is 10.1 Å². The smallest absolute Gasteiger partial charge is 0.182 e. The van der Waals surface area contributed by atoms with Gasteiger partial charge in [-0.25, -0.2) is 0 Å². The van der Waals surface area contributed by atoms with Gasteiger partial charge in [0.25, 0.3) is 0 Å². The van der Waals surface area contributed by atoms with Gasteiger partial charge in [-0.1, -0.05) is 90.5 Å². The van der Waals surface area contributed by atoms with Crippen molar-refractivity contribution in [2.75, 3.05) is 0 Å². The molecule has 0 aromatic carbocycles. The van der Waals surface area contributed by atoms with E-state index in [4.69, 9.17) is 0 Å². The third kappa shape index (κ3) is 2.62. The molecule has 163 valence electrons. The van der Waals surface area contributed by atoms with E-state index in [1.165, 1.54) is 11.0 Å². The second-order valence-electron chi connectivity index (χ2n) is 9.35. The van der Waals surface area contributed by atoms with Gasteiger partial charge in [-0.15, -0.1) is 0 Å². The van der Waals surface area contributed by atoms with Crippen LogP contribution in [-0.4, -0.2) is 15.5 Å². The normalized spacial score (nSPS) is 27.9. The molecule has 0 unspecified atom stereocenters. The van der Waals surface area contributed by atoms with Crippen LogP contribution in [-0.2, 0) is 0 Å². The molecule has 2 bridgehead atoms. The summed E-state index contributed by atoms with van der Waals surface area (Å²) in [5.74, 6) is 0. The molecule has 0 aliphatic carbocycles. The van der Waals surface area contributed by atoms with Crippen molar-refractivity contribution in [3.63, 3.8) is 0 Å². The first-order valence-corrected chi connectivity index (χ1v) is 14.1. The van der Waals surface area contributed by atoms with Crippen LogP contribution in [0.1, 0.15) is 79.6 Å². The van der Waals surface area contributed by atoms with E-state index >= 15 is 0 Å². The average Bonchev–Trinajstić information content (AvgIpc) is 3.10. The first kappa shape index (κ1) is 25.2. The number of unbranched alkanes of at least 4 members (excludes halogenated alkanes) is 2. The number of hydrogen-bond donors (Lipinski definition) is 0. The van der Waals surface area contributed by atoms with Crippen LogP contribution in [0.25, 0.3) is 0 Å². The number of nitrogens with zero attached hydrogens (tertiary/aromatic N) is 4. The second-order valence-corrected chi connectivity index (χ2v) is 12.3. The van der Waals surface area contributed by atoms with Gasteiger partial charge in [-0.2, -0.15) is 21.0 Å². The van der Waals surface area contributed by atoms with Crippen molar-refractivity contribution in [2.24, 2.45) is 10.8 Å². The van der Waals surface area contributed by atoms with Gasteiger partial charge in [0.15, 0.2) is 17.5 Å². The van der Waals surface area contributed by atoms with Crippen molar-refractivity contribution >= 4 is 15.5 Å². The van der Waals surface area contributed by atoms with Gasteiger partial charge in [-0.3, -0.25) is 0 Å². The van der Waals surface area contributed by atoms with E-state index in [0.717, 1.165) is 57.6 Å². The SMILES string of the molecule is CCCC[C@]12C(CC)=C(B(CC)CC)[C@](CCCC)([Si]1C)C(C#N)(C#N)C2(C#N)C#N. The first-order chi connectivity index (χ1) is 14.9. The minimum atomic E-state index is -1.61. The standard InChI is InChI=1S/C25H36BN4Si/c1-7-12-14-24-20(9-3)21(26(10-4)11-5)25(31(24)6,15-13-8-2)23(18-29,19-30)22(24,16-27)17-28/h7-15H2,1-6H3/t24-,25+/m1/s1. The lowest BCUT2D eigenvalue weighted by Gasteiger charge is -2.50. The maximum absolute atomic E-state index is 10.7. The van der Waals surface area contributed by atoms with Gasteiger partial charge in [0.05, 0.1) is 33.1 Å². The third-order valence-corrected chi connectivity index (χ3v) is 13.0. The van der Waals surface area contributed by atoms with E-state index < -0.39 is 29.7 Å². The lowest BCUT2D eigenvalue weighted by molar-refractivity contribution is 0.189. The van der Waals surface area contributed by atoms with E-state index in [2.05, 4.69) is 65.4 Å². The van der Waals surface area contributed by atoms with Crippen LogP contribution in [0, 0.1) is 56.2 Å². The zero-order valence-corrected chi connectivity index (χ0v) is 21.2. The Morgan fingerprint density at radius 3 is 1.52 bits per heavy atom. The summed E-state index contributed by atoms with van der Waals surface area (Å²) in [5.41, 5.74) is -0.626. The molecule has 0 aromatic rings. The van der Waals surface area contributed by atoms with Crippen molar-refractivity contribution in [3.8, 4) is 24.3 Å². The fraction of sp³-hybridized carbons (Fsp3) is 0.760. The summed E-state index contributed by atoms with van der Waals surface area (Å²) in [6.07, 6.45) is 7.94. The summed E-state index contributed by atoms with van der Waals surface area (Å²) in [4.78, 5) is 0. The van der Waals surface area contributed by atoms with Crippen molar-refractivity contribution in [1.29, 1.82) is 21.0 Å².